The Morgan fingerprint density at radius 1 is 1.50 bits per heavy atom. The molecule has 0 saturated heterocycles. The molecule has 0 unspecified atom stereocenters. The van der Waals surface area contributed by atoms with Gasteiger partial charge in [-0.15, -0.1) is 0 Å². The molecule has 0 saturated carbocycles. The van der Waals surface area contributed by atoms with Gasteiger partial charge in [0.05, 0.1) is 0 Å². The Bertz CT molecular complexity index is 17.9. The van der Waals surface area contributed by atoms with Crippen LogP contribution in [0.15, 0.2) is 0 Å². The van der Waals surface area contributed by atoms with E-state index in [0.29, 0.717) is 0 Å². The van der Waals surface area contributed by atoms with E-state index in [9.17, 15) is 0 Å². The van der Waals surface area contributed by atoms with Gasteiger partial charge in [0.25, 0.3) is 0 Å². The molecule has 0 amide bonds. The van der Waals surface area contributed by atoms with Crippen molar-refractivity contribution in [2.45, 2.75) is 20.3 Å². The third-order valence-electron chi connectivity index (χ3n) is 0.577. The zero-order chi connectivity index (χ0) is 4.28. The largest absolute Gasteiger partial charge is 0.343 e. The second-order valence-corrected chi connectivity index (χ2v) is 1.68. The molecule has 0 heterocycles. The first-order chi connectivity index (χ1) is 2.27. The molecule has 0 atom stereocenters. The molecule has 0 nitrogen and oxygen atoms in total. The number of hydrogen-bond donors (Lipinski definition) is 0. The van der Waals surface area contributed by atoms with Crippen molar-refractivity contribution in [2.75, 3.05) is 0 Å². The summed E-state index contributed by atoms with van der Waals surface area (Å²) in [6.45, 7) is 8.00. The molecule has 0 fully saturated rings. The number of rotatable bonds is 1. The topological polar surface area (TPSA) is 0 Å². The van der Waals surface area contributed by atoms with Gasteiger partial charge in [0.15, 0.2) is 0 Å². The fraction of sp³-hybridized carbons (Fsp3) is 0.800. The Balaban J connectivity index is 0. The zero-order valence-electron chi connectivity index (χ0n) is 4.31. The van der Waals surface area contributed by atoms with Crippen LogP contribution in [0.25, 0.3) is 0 Å². The minimum Gasteiger partial charge on any atom is -0.343 e. The third-order valence-corrected chi connectivity index (χ3v) is 0.577. The van der Waals surface area contributed by atoms with Crippen LogP contribution in [-0.4, -0.2) is 0 Å². The summed E-state index contributed by atoms with van der Waals surface area (Å²) >= 11 is 0. The summed E-state index contributed by atoms with van der Waals surface area (Å²) in [6, 6.07) is 0. The van der Waals surface area contributed by atoms with E-state index in [1.165, 1.54) is 0 Å². The normalized spacial score (nSPS) is 8.00. The molecule has 42 valence electrons. The van der Waals surface area contributed by atoms with Gasteiger partial charge in [-0.3, -0.25) is 0 Å². The first-order valence-electron chi connectivity index (χ1n) is 2.06. The SMILES string of the molecule is [CH2-]CC(C)C.[Ni]. The van der Waals surface area contributed by atoms with E-state index in [4.69, 9.17) is 0 Å². The van der Waals surface area contributed by atoms with Gasteiger partial charge in [0, 0.05) is 16.5 Å². The summed E-state index contributed by atoms with van der Waals surface area (Å²) < 4.78 is 0. The molecule has 1 heteroatoms. The Morgan fingerprint density at radius 3 is 1.67 bits per heavy atom. The van der Waals surface area contributed by atoms with E-state index in [1.54, 1.807) is 0 Å². The minimum absolute atomic E-state index is 0. The summed E-state index contributed by atoms with van der Waals surface area (Å²) in [7, 11) is 0. The summed E-state index contributed by atoms with van der Waals surface area (Å²) in [6.07, 6.45) is 1.06. The first-order valence-corrected chi connectivity index (χ1v) is 2.06. The molecule has 0 aromatic heterocycles. The molecular formula is C5H11Ni-. The van der Waals surface area contributed by atoms with Crippen molar-refractivity contribution in [1.29, 1.82) is 0 Å². The molecule has 0 aromatic carbocycles. The fourth-order valence-electron chi connectivity index (χ4n) is 0. The van der Waals surface area contributed by atoms with Gasteiger partial charge < -0.3 is 6.92 Å². The van der Waals surface area contributed by atoms with Crippen LogP contribution >= 0.6 is 0 Å². The van der Waals surface area contributed by atoms with Gasteiger partial charge in [0.1, 0.15) is 0 Å². The molecule has 0 spiro atoms. The van der Waals surface area contributed by atoms with Crippen LogP contribution in [0.5, 0.6) is 0 Å². The molecule has 6 heavy (non-hydrogen) atoms. The van der Waals surface area contributed by atoms with Crippen LogP contribution in [0.4, 0.5) is 0 Å². The van der Waals surface area contributed by atoms with Gasteiger partial charge in [0.2, 0.25) is 0 Å². The second-order valence-electron chi connectivity index (χ2n) is 1.68. The van der Waals surface area contributed by atoms with Crippen LogP contribution in [0, 0.1) is 12.8 Å². The van der Waals surface area contributed by atoms with Crippen molar-refractivity contribution in [1.82, 2.24) is 0 Å². The van der Waals surface area contributed by atoms with E-state index in [-0.39, 0.29) is 16.5 Å². The van der Waals surface area contributed by atoms with Crippen molar-refractivity contribution in [3.8, 4) is 0 Å². The maximum Gasteiger partial charge on any atom is 0 e. The van der Waals surface area contributed by atoms with Crippen molar-refractivity contribution >= 4 is 0 Å². The van der Waals surface area contributed by atoms with Crippen LogP contribution in [-0.2, 0) is 16.5 Å². The molecular weight excluding hydrogens is 119 g/mol. The minimum atomic E-state index is 0. The van der Waals surface area contributed by atoms with Gasteiger partial charge in [-0.25, -0.2) is 0 Å². The van der Waals surface area contributed by atoms with Crippen LogP contribution < -0.4 is 0 Å². The van der Waals surface area contributed by atoms with Crippen LogP contribution in [0.3, 0.4) is 0 Å². The monoisotopic (exact) mass is 129 g/mol. The predicted molar refractivity (Wildman–Crippen MR) is 24.8 cm³/mol. The van der Waals surface area contributed by atoms with E-state index in [2.05, 4.69) is 20.8 Å². The van der Waals surface area contributed by atoms with Gasteiger partial charge in [-0.1, -0.05) is 19.8 Å². The molecule has 0 N–H and O–H groups in total. The standard InChI is InChI=1S/C5H11.Ni/c1-4-5(2)3;/h5H,1,4H2,2-3H3;/q-1;. The summed E-state index contributed by atoms with van der Waals surface area (Å²) in [4.78, 5) is 0. The van der Waals surface area contributed by atoms with E-state index >= 15 is 0 Å². The quantitative estimate of drug-likeness (QED) is 0.375. The molecule has 0 aliphatic heterocycles. The molecule has 0 aliphatic rings. The molecule has 0 radical (unpaired) electrons. The van der Waals surface area contributed by atoms with Crippen LogP contribution in [0.2, 0.25) is 0 Å². The first kappa shape index (κ1) is 9.71. The Hall–Kier alpha value is 0.494. The van der Waals surface area contributed by atoms with Crippen molar-refractivity contribution in [3.05, 3.63) is 6.92 Å². The maximum absolute atomic E-state index is 3.69. The van der Waals surface area contributed by atoms with Crippen molar-refractivity contribution < 1.29 is 16.5 Å². The summed E-state index contributed by atoms with van der Waals surface area (Å²) in [5.41, 5.74) is 0. The molecule has 0 aromatic rings. The molecule has 0 rings (SSSR count). The van der Waals surface area contributed by atoms with E-state index in [0.717, 1.165) is 12.3 Å². The van der Waals surface area contributed by atoms with E-state index in [1.807, 2.05) is 0 Å². The fourth-order valence-corrected chi connectivity index (χ4v) is 0. The van der Waals surface area contributed by atoms with Crippen LogP contribution in [0.1, 0.15) is 20.3 Å². The van der Waals surface area contributed by atoms with Gasteiger partial charge in [-0.2, -0.15) is 6.42 Å². The Morgan fingerprint density at radius 2 is 1.67 bits per heavy atom. The second kappa shape index (κ2) is 5.49. The van der Waals surface area contributed by atoms with Gasteiger partial charge in [-0.05, 0) is 0 Å². The smallest absolute Gasteiger partial charge is 0 e. The van der Waals surface area contributed by atoms with Crippen molar-refractivity contribution in [3.63, 3.8) is 0 Å². The predicted octanol–water partition coefficient (Wildman–Crippen LogP) is 1.86. The third kappa shape index (κ3) is 8.82. The average molecular weight is 130 g/mol. The van der Waals surface area contributed by atoms with E-state index < -0.39 is 0 Å². The Kier molecular flexibility index (Phi) is 8.89. The van der Waals surface area contributed by atoms with Crippen molar-refractivity contribution in [2.24, 2.45) is 5.92 Å². The molecule has 0 bridgehead atoms. The zero-order valence-corrected chi connectivity index (χ0v) is 5.30. The maximum atomic E-state index is 3.69. The molecule has 0 aliphatic carbocycles. The average Bonchev–Trinajstić information content (AvgIpc) is 1.38. The summed E-state index contributed by atoms with van der Waals surface area (Å²) in [5, 5.41) is 0. The Labute approximate surface area is 50.2 Å². The van der Waals surface area contributed by atoms with Gasteiger partial charge >= 0.3 is 0 Å². The summed E-state index contributed by atoms with van der Waals surface area (Å²) in [5.74, 6) is 0.773. The number of hydrogen-bond acceptors (Lipinski definition) is 0.